The maximum Gasteiger partial charge on any atom is 0.237 e. The largest absolute Gasteiger partial charge is 0.379 e. The van der Waals surface area contributed by atoms with E-state index in [-0.39, 0.29) is 36.8 Å². The zero-order valence-corrected chi connectivity index (χ0v) is 12.9. The van der Waals surface area contributed by atoms with E-state index in [1.54, 1.807) is 0 Å². The number of halogens is 2. The van der Waals surface area contributed by atoms with E-state index >= 15 is 0 Å². The van der Waals surface area contributed by atoms with Crippen LogP contribution in [0.3, 0.4) is 0 Å². The summed E-state index contributed by atoms with van der Waals surface area (Å²) in [4.78, 5) is 14.2. The van der Waals surface area contributed by atoms with Crippen molar-refractivity contribution >= 4 is 30.7 Å². The minimum absolute atomic E-state index is 0. The summed E-state index contributed by atoms with van der Waals surface area (Å²) in [5.41, 5.74) is 0. The summed E-state index contributed by atoms with van der Waals surface area (Å²) in [7, 11) is 0. The first-order valence-corrected chi connectivity index (χ1v) is 6.67. The summed E-state index contributed by atoms with van der Waals surface area (Å²) < 4.78 is 5.28. The van der Waals surface area contributed by atoms with Crippen LogP contribution in [0.25, 0.3) is 0 Å². The molecule has 0 aromatic rings. The first kappa shape index (κ1) is 18.9. The molecule has 19 heavy (non-hydrogen) atoms. The van der Waals surface area contributed by atoms with Crippen molar-refractivity contribution in [2.45, 2.75) is 25.3 Å². The maximum atomic E-state index is 11.8. The molecule has 0 radical (unpaired) electrons. The second-order valence-electron chi connectivity index (χ2n) is 4.75. The van der Waals surface area contributed by atoms with E-state index < -0.39 is 0 Å². The molecule has 1 amide bonds. The van der Waals surface area contributed by atoms with Gasteiger partial charge in [0, 0.05) is 26.2 Å². The highest BCUT2D eigenvalue weighted by Gasteiger charge is 2.20. The molecule has 0 saturated carbocycles. The zero-order chi connectivity index (χ0) is 11.9. The van der Waals surface area contributed by atoms with Crippen LogP contribution >= 0.6 is 24.8 Å². The van der Waals surface area contributed by atoms with Gasteiger partial charge in [0.15, 0.2) is 0 Å². The normalized spacial score (nSPS) is 23.9. The lowest BCUT2D eigenvalue weighted by atomic mass is 10.0. The van der Waals surface area contributed by atoms with Gasteiger partial charge in [0.2, 0.25) is 5.91 Å². The zero-order valence-electron chi connectivity index (χ0n) is 11.2. The number of rotatable bonds is 4. The van der Waals surface area contributed by atoms with Gasteiger partial charge in [0.05, 0.1) is 19.3 Å². The molecule has 0 aliphatic carbocycles. The molecule has 2 aliphatic heterocycles. The van der Waals surface area contributed by atoms with Crippen molar-refractivity contribution in [3.05, 3.63) is 0 Å². The van der Waals surface area contributed by atoms with Crippen molar-refractivity contribution in [2.24, 2.45) is 0 Å². The monoisotopic (exact) mass is 313 g/mol. The summed E-state index contributed by atoms with van der Waals surface area (Å²) in [5.74, 6) is 0.165. The number of nitrogens with one attached hydrogen (secondary N) is 2. The predicted molar refractivity (Wildman–Crippen MR) is 80.4 cm³/mol. The number of hydrogen-bond acceptors (Lipinski definition) is 4. The van der Waals surface area contributed by atoms with Crippen molar-refractivity contribution in [1.82, 2.24) is 15.5 Å². The molecule has 2 aliphatic rings. The summed E-state index contributed by atoms with van der Waals surface area (Å²) in [6.45, 7) is 6.26. The molecule has 7 heteroatoms. The van der Waals surface area contributed by atoms with Crippen molar-refractivity contribution in [2.75, 3.05) is 45.9 Å². The quantitative estimate of drug-likeness (QED) is 0.790. The van der Waals surface area contributed by atoms with E-state index in [1.165, 1.54) is 6.42 Å². The van der Waals surface area contributed by atoms with Gasteiger partial charge >= 0.3 is 0 Å². The Bertz CT molecular complexity index is 245. The number of carbonyl (C=O) groups is 1. The number of morpholine rings is 1. The molecule has 0 aromatic carbocycles. The maximum absolute atomic E-state index is 11.8. The van der Waals surface area contributed by atoms with Gasteiger partial charge in [-0.1, -0.05) is 6.42 Å². The fourth-order valence-corrected chi connectivity index (χ4v) is 2.36. The third kappa shape index (κ3) is 6.77. The summed E-state index contributed by atoms with van der Waals surface area (Å²) in [5, 5.41) is 6.28. The van der Waals surface area contributed by atoms with E-state index in [4.69, 9.17) is 4.74 Å². The van der Waals surface area contributed by atoms with Crippen LogP contribution in [-0.2, 0) is 9.53 Å². The van der Waals surface area contributed by atoms with Gasteiger partial charge in [0.25, 0.3) is 0 Å². The lowest BCUT2D eigenvalue weighted by molar-refractivity contribution is -0.123. The van der Waals surface area contributed by atoms with E-state index in [0.717, 1.165) is 58.8 Å². The van der Waals surface area contributed by atoms with Gasteiger partial charge in [-0.05, 0) is 19.4 Å². The van der Waals surface area contributed by atoms with E-state index in [2.05, 4.69) is 15.5 Å². The van der Waals surface area contributed by atoms with Crippen molar-refractivity contribution in [3.63, 3.8) is 0 Å². The fourth-order valence-electron chi connectivity index (χ4n) is 2.36. The second kappa shape index (κ2) is 10.7. The fraction of sp³-hybridized carbons (Fsp3) is 0.917. The minimum Gasteiger partial charge on any atom is -0.379 e. The van der Waals surface area contributed by atoms with Crippen molar-refractivity contribution in [3.8, 4) is 0 Å². The molecule has 0 spiro atoms. The average molecular weight is 314 g/mol. The number of carbonyl (C=O) groups excluding carboxylic acids is 1. The van der Waals surface area contributed by atoms with Crippen LogP contribution in [-0.4, -0.2) is 62.8 Å². The van der Waals surface area contributed by atoms with E-state index in [0.29, 0.717) is 0 Å². The molecule has 0 aromatic heterocycles. The topological polar surface area (TPSA) is 53.6 Å². The van der Waals surface area contributed by atoms with Crippen molar-refractivity contribution in [1.29, 1.82) is 0 Å². The van der Waals surface area contributed by atoms with Gasteiger partial charge < -0.3 is 15.4 Å². The van der Waals surface area contributed by atoms with Crippen LogP contribution in [0.15, 0.2) is 0 Å². The number of ether oxygens (including phenoxy) is 1. The molecular weight excluding hydrogens is 289 g/mol. The number of nitrogens with zero attached hydrogens (tertiary/aromatic N) is 1. The summed E-state index contributed by atoms with van der Waals surface area (Å²) >= 11 is 0. The minimum atomic E-state index is 0. The van der Waals surface area contributed by atoms with Crippen LogP contribution in [0.2, 0.25) is 0 Å². The van der Waals surface area contributed by atoms with Gasteiger partial charge in [-0.25, -0.2) is 0 Å². The lowest BCUT2D eigenvalue weighted by Gasteiger charge is -2.27. The molecule has 2 heterocycles. The summed E-state index contributed by atoms with van der Waals surface area (Å²) in [6.07, 6.45) is 3.33. The number of hydrogen-bond donors (Lipinski definition) is 2. The SMILES string of the molecule is Cl.Cl.O=C(NCCN1CCOCC1)C1CCCCN1. The van der Waals surface area contributed by atoms with Gasteiger partial charge in [-0.15, -0.1) is 24.8 Å². The number of piperidine rings is 1. The Hall–Kier alpha value is -0.0700. The van der Waals surface area contributed by atoms with Crippen LogP contribution in [0.4, 0.5) is 0 Å². The first-order valence-electron chi connectivity index (χ1n) is 6.67. The first-order chi connectivity index (χ1) is 8.36. The Labute approximate surface area is 127 Å². The molecule has 2 saturated heterocycles. The Balaban J connectivity index is 0.00000162. The molecule has 0 bridgehead atoms. The standard InChI is InChI=1S/C12H23N3O2.2ClH/c16-12(11-3-1-2-4-13-11)14-5-6-15-7-9-17-10-8-15;;/h11,13H,1-10H2,(H,14,16);2*1H. The second-order valence-corrected chi connectivity index (χ2v) is 4.75. The molecule has 5 nitrogen and oxygen atoms in total. The molecule has 1 atom stereocenters. The summed E-state index contributed by atoms with van der Waals surface area (Å²) in [6, 6.07) is 0.0356. The van der Waals surface area contributed by atoms with E-state index in [9.17, 15) is 4.79 Å². The van der Waals surface area contributed by atoms with Crippen LogP contribution in [0, 0.1) is 0 Å². The lowest BCUT2D eigenvalue weighted by Crippen LogP contribution is -2.48. The molecule has 2 fully saturated rings. The third-order valence-corrected chi connectivity index (χ3v) is 3.46. The number of amides is 1. The molecule has 2 N–H and O–H groups in total. The van der Waals surface area contributed by atoms with E-state index in [1.807, 2.05) is 0 Å². The average Bonchev–Trinajstić information content (AvgIpc) is 2.41. The highest BCUT2D eigenvalue weighted by molar-refractivity contribution is 5.85. The third-order valence-electron chi connectivity index (χ3n) is 3.46. The molecule has 2 rings (SSSR count). The van der Waals surface area contributed by atoms with Crippen molar-refractivity contribution < 1.29 is 9.53 Å². The Morgan fingerprint density at radius 1 is 1.26 bits per heavy atom. The van der Waals surface area contributed by atoms with Crippen LogP contribution in [0.5, 0.6) is 0 Å². The van der Waals surface area contributed by atoms with Gasteiger partial charge in [-0.2, -0.15) is 0 Å². The van der Waals surface area contributed by atoms with Gasteiger partial charge in [-0.3, -0.25) is 9.69 Å². The highest BCUT2D eigenvalue weighted by Crippen LogP contribution is 2.06. The van der Waals surface area contributed by atoms with Crippen LogP contribution < -0.4 is 10.6 Å². The highest BCUT2D eigenvalue weighted by atomic mass is 35.5. The Kier molecular flexibility index (Phi) is 10.6. The van der Waals surface area contributed by atoms with Crippen LogP contribution in [0.1, 0.15) is 19.3 Å². The predicted octanol–water partition coefficient (Wildman–Crippen LogP) is 0.421. The Morgan fingerprint density at radius 2 is 2.00 bits per heavy atom. The smallest absolute Gasteiger partial charge is 0.237 e. The van der Waals surface area contributed by atoms with Gasteiger partial charge in [0.1, 0.15) is 0 Å². The molecular formula is C12H25Cl2N3O2. The Morgan fingerprint density at radius 3 is 2.63 bits per heavy atom. The molecule has 1 unspecified atom stereocenters. The molecule has 114 valence electrons.